The zero-order chi connectivity index (χ0) is 16.0. The number of aromatic nitrogens is 3. The Morgan fingerprint density at radius 1 is 0.913 bits per heavy atom. The Balaban J connectivity index is 2.03. The summed E-state index contributed by atoms with van der Waals surface area (Å²) >= 11 is 0. The number of carbonyl (C=O) groups is 2. The molecule has 23 heavy (non-hydrogen) atoms. The molecule has 1 N–H and O–H groups in total. The number of Topliss-reactive ketones (excluding diaryl/α,β-unsaturated/α-hetero) is 2. The van der Waals surface area contributed by atoms with Crippen LogP contribution in [0.2, 0.25) is 0 Å². The molecule has 0 bridgehead atoms. The molecule has 6 nitrogen and oxygen atoms in total. The highest BCUT2D eigenvalue weighted by Crippen LogP contribution is 2.29. The summed E-state index contributed by atoms with van der Waals surface area (Å²) in [4.78, 5) is 25.6. The molecule has 0 amide bonds. The van der Waals surface area contributed by atoms with E-state index in [2.05, 4.69) is 15.6 Å². The topological polar surface area (TPSA) is 76.9 Å². The van der Waals surface area contributed by atoms with Crippen molar-refractivity contribution in [3.63, 3.8) is 0 Å². The average molecular weight is 304 g/mol. The van der Waals surface area contributed by atoms with Gasteiger partial charge in [0.25, 0.3) is 0 Å². The van der Waals surface area contributed by atoms with Crippen LogP contribution in [-0.2, 0) is 0 Å². The van der Waals surface area contributed by atoms with Gasteiger partial charge in [-0.3, -0.25) is 9.59 Å². The van der Waals surface area contributed by atoms with Crippen LogP contribution >= 0.6 is 0 Å². The number of nitrogens with zero attached hydrogens (tertiary/aromatic N) is 3. The first-order valence-corrected chi connectivity index (χ1v) is 7.13. The number of nitrogens with one attached hydrogen (secondary N) is 1. The number of fused-ring (bicyclic) bond motifs is 2. The van der Waals surface area contributed by atoms with Gasteiger partial charge >= 0.3 is 0 Å². The molecular formula is C17H12N4O2. The third kappa shape index (κ3) is 1.81. The van der Waals surface area contributed by atoms with Gasteiger partial charge in [-0.1, -0.05) is 41.6 Å². The summed E-state index contributed by atoms with van der Waals surface area (Å²) in [7, 11) is 1.62. The summed E-state index contributed by atoms with van der Waals surface area (Å²) < 4.78 is 1.43. The lowest BCUT2D eigenvalue weighted by Crippen LogP contribution is -2.30. The van der Waals surface area contributed by atoms with Gasteiger partial charge in [-0.05, 0) is 12.1 Å². The molecule has 2 aromatic carbocycles. The first-order valence-electron chi connectivity index (χ1n) is 7.13. The van der Waals surface area contributed by atoms with Crippen LogP contribution in [-0.4, -0.2) is 33.6 Å². The zero-order valence-corrected chi connectivity index (χ0v) is 12.3. The van der Waals surface area contributed by atoms with Crippen molar-refractivity contribution < 1.29 is 9.59 Å². The Morgan fingerprint density at radius 3 is 2.30 bits per heavy atom. The SMILES string of the molecule is CNC1=C(n2nnc3ccccc32)C(=O)c2ccccc2C1=O. The zero-order valence-electron chi connectivity index (χ0n) is 12.3. The summed E-state index contributed by atoms with van der Waals surface area (Å²) in [5.74, 6) is -0.475. The molecule has 1 heterocycles. The minimum atomic E-state index is -0.250. The molecule has 0 fully saturated rings. The second-order valence-electron chi connectivity index (χ2n) is 5.17. The quantitative estimate of drug-likeness (QED) is 0.782. The molecule has 0 radical (unpaired) electrons. The number of allylic oxidation sites excluding steroid dienone is 2. The molecule has 0 unspecified atom stereocenters. The Morgan fingerprint density at radius 2 is 1.57 bits per heavy atom. The molecule has 4 rings (SSSR count). The standard InChI is InChI=1S/C17H12N4O2/c1-18-14-15(21-13-9-5-4-8-12(13)19-20-21)17(23)11-7-3-2-6-10(11)16(14)22/h2-9,18H,1H3. The van der Waals surface area contributed by atoms with E-state index in [0.717, 1.165) is 0 Å². The number of likely N-dealkylation sites (N-methyl/N-ethyl adjacent to an activating group) is 1. The number of carbonyl (C=O) groups excluding carboxylic acids is 2. The van der Waals surface area contributed by atoms with Crippen molar-refractivity contribution in [2.75, 3.05) is 7.05 Å². The van der Waals surface area contributed by atoms with Crippen LogP contribution in [0.4, 0.5) is 0 Å². The molecule has 0 saturated carbocycles. The monoisotopic (exact) mass is 304 g/mol. The maximum Gasteiger partial charge on any atom is 0.214 e. The Hall–Kier alpha value is -3.28. The molecule has 3 aromatic rings. The van der Waals surface area contributed by atoms with Crippen molar-refractivity contribution in [2.45, 2.75) is 0 Å². The van der Waals surface area contributed by atoms with E-state index in [1.807, 2.05) is 24.3 Å². The van der Waals surface area contributed by atoms with Gasteiger partial charge in [0, 0.05) is 18.2 Å². The lowest BCUT2D eigenvalue weighted by Gasteiger charge is -2.20. The highest BCUT2D eigenvalue weighted by atomic mass is 16.1. The van der Waals surface area contributed by atoms with Crippen molar-refractivity contribution in [2.24, 2.45) is 0 Å². The number of benzene rings is 2. The largest absolute Gasteiger partial charge is 0.383 e. The lowest BCUT2D eigenvalue weighted by molar-refractivity contribution is 0.0982. The molecule has 0 atom stereocenters. The molecule has 112 valence electrons. The number of ketones is 2. The van der Waals surface area contributed by atoms with E-state index >= 15 is 0 Å². The molecule has 1 aromatic heterocycles. The Kier molecular flexibility index (Phi) is 2.84. The summed E-state index contributed by atoms with van der Waals surface area (Å²) in [6.45, 7) is 0. The van der Waals surface area contributed by atoms with Crippen LogP contribution in [0.5, 0.6) is 0 Å². The van der Waals surface area contributed by atoms with Crippen LogP contribution < -0.4 is 5.32 Å². The van der Waals surface area contributed by atoms with E-state index in [1.165, 1.54) is 4.68 Å². The minimum Gasteiger partial charge on any atom is -0.383 e. The van der Waals surface area contributed by atoms with Gasteiger partial charge in [-0.2, -0.15) is 0 Å². The van der Waals surface area contributed by atoms with Crippen LogP contribution in [0.3, 0.4) is 0 Å². The summed E-state index contributed by atoms with van der Waals surface area (Å²) in [6.07, 6.45) is 0. The maximum absolute atomic E-state index is 12.9. The lowest BCUT2D eigenvalue weighted by atomic mass is 9.90. The van der Waals surface area contributed by atoms with Crippen molar-refractivity contribution in [3.8, 4) is 0 Å². The molecule has 0 spiro atoms. The van der Waals surface area contributed by atoms with E-state index in [-0.39, 0.29) is 23.0 Å². The van der Waals surface area contributed by atoms with Crippen LogP contribution in [0.1, 0.15) is 20.7 Å². The normalized spacial score (nSPS) is 14.3. The minimum absolute atomic E-state index is 0.199. The van der Waals surface area contributed by atoms with Crippen molar-refractivity contribution in [3.05, 3.63) is 65.4 Å². The molecule has 1 aliphatic carbocycles. The van der Waals surface area contributed by atoms with Gasteiger partial charge in [0.2, 0.25) is 11.6 Å². The predicted octanol–water partition coefficient (Wildman–Crippen LogP) is 1.90. The summed E-state index contributed by atoms with van der Waals surface area (Å²) in [5, 5.41) is 11.0. The number of para-hydroxylation sites is 1. The smallest absolute Gasteiger partial charge is 0.214 e. The highest BCUT2D eigenvalue weighted by molar-refractivity contribution is 6.37. The van der Waals surface area contributed by atoms with Gasteiger partial charge in [0.15, 0.2) is 0 Å². The number of hydrogen-bond donors (Lipinski definition) is 1. The third-order valence-corrected chi connectivity index (χ3v) is 3.91. The van der Waals surface area contributed by atoms with Gasteiger partial charge in [-0.25, -0.2) is 4.68 Å². The number of hydrogen-bond acceptors (Lipinski definition) is 5. The number of rotatable bonds is 2. The molecular weight excluding hydrogens is 292 g/mol. The van der Waals surface area contributed by atoms with Gasteiger partial charge in [0.1, 0.15) is 16.9 Å². The van der Waals surface area contributed by atoms with E-state index in [9.17, 15) is 9.59 Å². The van der Waals surface area contributed by atoms with Crippen molar-refractivity contribution >= 4 is 28.3 Å². The second kappa shape index (κ2) is 4.88. The first kappa shape index (κ1) is 13.4. The van der Waals surface area contributed by atoms with E-state index in [1.54, 1.807) is 31.3 Å². The third-order valence-electron chi connectivity index (χ3n) is 3.91. The Bertz CT molecular complexity index is 1000. The summed E-state index contributed by atoms with van der Waals surface area (Å²) in [6, 6.07) is 14.1. The van der Waals surface area contributed by atoms with E-state index in [4.69, 9.17) is 0 Å². The van der Waals surface area contributed by atoms with Crippen LogP contribution in [0.25, 0.3) is 16.7 Å². The highest BCUT2D eigenvalue weighted by Gasteiger charge is 2.33. The fraction of sp³-hybridized carbons (Fsp3) is 0.0588. The van der Waals surface area contributed by atoms with Crippen LogP contribution in [0.15, 0.2) is 54.2 Å². The van der Waals surface area contributed by atoms with Crippen molar-refractivity contribution in [1.29, 1.82) is 0 Å². The first-order chi connectivity index (χ1) is 11.2. The summed E-state index contributed by atoms with van der Waals surface area (Å²) in [5.41, 5.74) is 2.54. The van der Waals surface area contributed by atoms with Gasteiger partial charge < -0.3 is 5.32 Å². The molecule has 0 saturated heterocycles. The fourth-order valence-corrected chi connectivity index (χ4v) is 2.83. The predicted molar refractivity (Wildman–Crippen MR) is 84.9 cm³/mol. The molecule has 1 aliphatic rings. The van der Waals surface area contributed by atoms with Gasteiger partial charge in [-0.15, -0.1) is 5.10 Å². The fourth-order valence-electron chi connectivity index (χ4n) is 2.83. The Labute approximate surface area is 131 Å². The van der Waals surface area contributed by atoms with Gasteiger partial charge in [0.05, 0.1) is 5.52 Å². The van der Waals surface area contributed by atoms with Crippen LogP contribution in [0, 0.1) is 0 Å². The van der Waals surface area contributed by atoms with E-state index in [0.29, 0.717) is 22.2 Å². The second-order valence-corrected chi connectivity index (χ2v) is 5.17. The maximum atomic E-state index is 12.9. The average Bonchev–Trinajstić information content (AvgIpc) is 3.01. The molecule has 0 aliphatic heterocycles. The van der Waals surface area contributed by atoms with E-state index < -0.39 is 0 Å². The van der Waals surface area contributed by atoms with Crippen molar-refractivity contribution in [1.82, 2.24) is 20.3 Å². The molecule has 6 heteroatoms.